The number of methoxy groups -OCH3 is 1. The maximum atomic E-state index is 12.2. The van der Waals surface area contributed by atoms with Crippen LogP contribution in [0, 0.1) is 11.8 Å². The van der Waals surface area contributed by atoms with E-state index >= 15 is 0 Å². The molecule has 0 aliphatic carbocycles. The van der Waals surface area contributed by atoms with Crippen LogP contribution in [-0.2, 0) is 19.0 Å². The monoisotopic (exact) mass is 449 g/mol. The summed E-state index contributed by atoms with van der Waals surface area (Å²) in [5, 5.41) is 13.1. The van der Waals surface area contributed by atoms with Crippen LogP contribution < -0.4 is 5.32 Å². The van der Waals surface area contributed by atoms with E-state index in [0.717, 1.165) is 25.0 Å². The Balaban J connectivity index is 5.09. The number of carbonyl (C=O) groups excluding carboxylic acids is 2. The number of nitrogens with one attached hydrogen (secondary N) is 1. The molecule has 7 nitrogen and oxygen atoms in total. The topological polar surface area (TPSA) is 94.1 Å². The summed E-state index contributed by atoms with van der Waals surface area (Å²) in [6.45, 7) is 12.2. The Bertz CT molecular complexity index is 508. The van der Waals surface area contributed by atoms with Crippen molar-refractivity contribution in [1.82, 2.24) is 5.32 Å². The van der Waals surface area contributed by atoms with Crippen LogP contribution in [0.15, 0.2) is 0 Å². The summed E-state index contributed by atoms with van der Waals surface area (Å²) in [7, 11) is 1.18. The molecule has 0 bridgehead atoms. The number of alkyl carbamates (subject to hydrolysis) is 1. The molecule has 0 aliphatic heterocycles. The van der Waals surface area contributed by atoms with Gasteiger partial charge in [0, 0.05) is 13.0 Å². The van der Waals surface area contributed by atoms with Gasteiger partial charge in [0.1, 0.15) is 5.60 Å². The van der Waals surface area contributed by atoms with Crippen molar-refractivity contribution >= 4 is 23.8 Å². The first-order chi connectivity index (χ1) is 13.9. The first kappa shape index (κ1) is 29.0. The van der Waals surface area contributed by atoms with Gasteiger partial charge in [-0.25, -0.2) is 9.59 Å². The van der Waals surface area contributed by atoms with Gasteiger partial charge in [-0.1, -0.05) is 20.8 Å². The molecule has 0 radical (unpaired) electrons. The molecular formula is C22H43NO6S. The first-order valence-corrected chi connectivity index (χ1v) is 12.2. The highest BCUT2D eigenvalue weighted by Crippen LogP contribution is 2.26. The van der Waals surface area contributed by atoms with Crippen molar-refractivity contribution in [3.8, 4) is 0 Å². The standard InChI is InChI=1S/C22H43NO6S/c1-9-18(28-15-16(2)3)17(12-14-30-8)11-10-13-22(26,19(24)27-7)23-20(25)29-21(4,5)6/h16-18,26H,9-15H2,1-8H3,(H,23,25)/t17-,18-,22+/m1/s1. The Morgan fingerprint density at radius 2 is 1.80 bits per heavy atom. The van der Waals surface area contributed by atoms with E-state index < -0.39 is 23.4 Å². The lowest BCUT2D eigenvalue weighted by molar-refractivity contribution is -0.167. The summed E-state index contributed by atoms with van der Waals surface area (Å²) in [6, 6.07) is 0. The molecule has 3 atom stereocenters. The lowest BCUT2D eigenvalue weighted by atomic mass is 9.90. The minimum atomic E-state index is -2.12. The average molecular weight is 450 g/mol. The lowest BCUT2D eigenvalue weighted by Gasteiger charge is -2.30. The van der Waals surface area contributed by atoms with Gasteiger partial charge in [-0.2, -0.15) is 11.8 Å². The maximum Gasteiger partial charge on any atom is 0.410 e. The molecule has 0 aromatic heterocycles. The Kier molecular flexibility index (Phi) is 13.7. The highest BCUT2D eigenvalue weighted by atomic mass is 32.2. The third kappa shape index (κ3) is 12.0. The Hall–Kier alpha value is -0.990. The van der Waals surface area contributed by atoms with Gasteiger partial charge in [0.15, 0.2) is 0 Å². The number of aliphatic hydroxyl groups is 1. The van der Waals surface area contributed by atoms with Crippen LogP contribution >= 0.6 is 11.8 Å². The van der Waals surface area contributed by atoms with Crippen LogP contribution in [0.3, 0.4) is 0 Å². The van der Waals surface area contributed by atoms with E-state index in [1.54, 1.807) is 32.5 Å². The van der Waals surface area contributed by atoms with Crippen molar-refractivity contribution in [1.29, 1.82) is 0 Å². The molecule has 178 valence electrons. The van der Waals surface area contributed by atoms with Crippen LogP contribution in [0.25, 0.3) is 0 Å². The van der Waals surface area contributed by atoms with Gasteiger partial charge in [-0.05, 0) is 70.3 Å². The molecular weight excluding hydrogens is 406 g/mol. The molecule has 0 fully saturated rings. The second-order valence-electron chi connectivity index (χ2n) is 9.09. The zero-order valence-electron chi connectivity index (χ0n) is 20.1. The second kappa shape index (κ2) is 14.1. The average Bonchev–Trinajstić information content (AvgIpc) is 2.63. The number of rotatable bonds is 14. The number of hydrogen-bond donors (Lipinski definition) is 2. The minimum absolute atomic E-state index is 0.0370. The van der Waals surface area contributed by atoms with Crippen LogP contribution in [-0.4, -0.2) is 60.3 Å². The lowest BCUT2D eigenvalue weighted by Crippen LogP contribution is -2.56. The van der Waals surface area contributed by atoms with E-state index in [4.69, 9.17) is 14.2 Å². The summed E-state index contributed by atoms with van der Waals surface area (Å²) in [5.41, 5.74) is -2.87. The quantitative estimate of drug-likeness (QED) is 0.300. The van der Waals surface area contributed by atoms with Gasteiger partial charge in [-0.15, -0.1) is 0 Å². The van der Waals surface area contributed by atoms with Crippen molar-refractivity contribution in [2.24, 2.45) is 11.8 Å². The highest BCUT2D eigenvalue weighted by Gasteiger charge is 2.40. The van der Waals surface area contributed by atoms with Crippen LogP contribution in [0.1, 0.15) is 73.6 Å². The van der Waals surface area contributed by atoms with Gasteiger partial charge in [0.25, 0.3) is 0 Å². The highest BCUT2D eigenvalue weighted by molar-refractivity contribution is 7.98. The minimum Gasteiger partial charge on any atom is -0.465 e. The molecule has 0 aromatic carbocycles. The number of carbonyl (C=O) groups is 2. The van der Waals surface area contributed by atoms with Crippen molar-refractivity contribution in [2.75, 3.05) is 25.7 Å². The Labute approximate surface area is 187 Å². The van der Waals surface area contributed by atoms with E-state index in [-0.39, 0.29) is 12.5 Å². The van der Waals surface area contributed by atoms with Gasteiger partial charge in [-0.3, -0.25) is 5.32 Å². The molecule has 8 heteroatoms. The summed E-state index contributed by atoms with van der Waals surface area (Å²) >= 11 is 1.79. The maximum absolute atomic E-state index is 12.2. The number of amides is 1. The number of ether oxygens (including phenoxy) is 3. The van der Waals surface area contributed by atoms with Gasteiger partial charge in [0.2, 0.25) is 5.72 Å². The number of thioether (sulfide) groups is 1. The van der Waals surface area contributed by atoms with Crippen molar-refractivity contribution in [3.05, 3.63) is 0 Å². The smallest absolute Gasteiger partial charge is 0.410 e. The molecule has 0 aromatic rings. The molecule has 0 saturated heterocycles. The Morgan fingerprint density at radius 1 is 1.17 bits per heavy atom. The van der Waals surface area contributed by atoms with Crippen LogP contribution in [0.2, 0.25) is 0 Å². The number of hydrogen-bond acceptors (Lipinski definition) is 7. The molecule has 2 N–H and O–H groups in total. The first-order valence-electron chi connectivity index (χ1n) is 10.8. The van der Waals surface area contributed by atoms with Crippen molar-refractivity contribution in [3.63, 3.8) is 0 Å². The molecule has 0 rings (SSSR count). The molecule has 1 amide bonds. The third-order valence-corrected chi connectivity index (χ3v) is 5.25. The largest absolute Gasteiger partial charge is 0.465 e. The van der Waals surface area contributed by atoms with E-state index in [1.807, 2.05) is 0 Å². The second-order valence-corrected chi connectivity index (χ2v) is 10.1. The summed E-state index contributed by atoms with van der Waals surface area (Å²) in [5.74, 6) is 0.883. The summed E-state index contributed by atoms with van der Waals surface area (Å²) in [4.78, 5) is 24.3. The van der Waals surface area contributed by atoms with Gasteiger partial charge in [0.05, 0.1) is 13.2 Å². The molecule has 0 spiro atoms. The normalized spacial score (nSPS) is 15.9. The molecule has 0 aliphatic rings. The van der Waals surface area contributed by atoms with E-state index in [2.05, 4.69) is 32.3 Å². The van der Waals surface area contributed by atoms with E-state index in [9.17, 15) is 14.7 Å². The van der Waals surface area contributed by atoms with E-state index in [0.29, 0.717) is 24.9 Å². The van der Waals surface area contributed by atoms with Crippen molar-refractivity contribution in [2.45, 2.75) is 91.1 Å². The zero-order valence-corrected chi connectivity index (χ0v) is 20.9. The molecule has 0 saturated carbocycles. The molecule has 0 heterocycles. The molecule has 30 heavy (non-hydrogen) atoms. The van der Waals surface area contributed by atoms with Crippen molar-refractivity contribution < 1.29 is 28.9 Å². The predicted octanol–water partition coefficient (Wildman–Crippen LogP) is 4.36. The molecule has 0 unspecified atom stereocenters. The van der Waals surface area contributed by atoms with Crippen LogP contribution in [0.4, 0.5) is 4.79 Å². The Morgan fingerprint density at radius 3 is 2.27 bits per heavy atom. The van der Waals surface area contributed by atoms with Gasteiger partial charge >= 0.3 is 12.1 Å². The zero-order chi connectivity index (χ0) is 23.4. The third-order valence-electron chi connectivity index (χ3n) is 4.61. The van der Waals surface area contributed by atoms with Crippen LogP contribution in [0.5, 0.6) is 0 Å². The summed E-state index contributed by atoms with van der Waals surface area (Å²) in [6.07, 6.45) is 4.58. The number of esters is 1. The SMILES string of the molecule is CC[C@@H](OCC(C)C)[C@H](CCC[C@@](O)(NC(=O)OC(C)(C)C)C(=O)OC)CCSC. The fourth-order valence-electron chi connectivity index (χ4n) is 3.17. The summed E-state index contributed by atoms with van der Waals surface area (Å²) < 4.78 is 16.0. The predicted molar refractivity (Wildman–Crippen MR) is 122 cm³/mol. The fraction of sp³-hybridized carbons (Fsp3) is 0.909. The van der Waals surface area contributed by atoms with Gasteiger partial charge < -0.3 is 19.3 Å². The van der Waals surface area contributed by atoms with E-state index in [1.165, 1.54) is 7.11 Å². The fourth-order valence-corrected chi connectivity index (χ4v) is 3.70.